The molecule has 2 atom stereocenters. The Kier molecular flexibility index (Phi) is 4.03. The Morgan fingerprint density at radius 1 is 1.36 bits per heavy atom. The Bertz CT molecular complexity index is 230. The first-order valence-corrected chi connectivity index (χ1v) is 4.04. The summed E-state index contributed by atoms with van der Waals surface area (Å²) in [5, 5.41) is 17.4. The van der Waals surface area contributed by atoms with Crippen LogP contribution in [0.3, 0.4) is 0 Å². The lowest BCUT2D eigenvalue weighted by molar-refractivity contribution is -0.171. The number of nitrogens with two attached hydrogens (primary N) is 1. The van der Waals surface area contributed by atoms with E-state index in [1.165, 1.54) is 0 Å². The van der Waals surface area contributed by atoms with Crippen LogP contribution in [0.25, 0.3) is 0 Å². The molecule has 2 unspecified atom stereocenters. The Labute approximate surface area is 81.7 Å². The number of ether oxygens (including phenoxy) is 1. The van der Waals surface area contributed by atoms with Crippen LogP contribution < -0.4 is 5.73 Å². The minimum absolute atomic E-state index is 0.806. The number of aliphatic carboxylic acids is 1. The van der Waals surface area contributed by atoms with Gasteiger partial charge in [-0.2, -0.15) is 0 Å². The fraction of sp³-hybridized carbons (Fsp3) is 0.750. The minimum atomic E-state index is -1.76. The van der Waals surface area contributed by atoms with Gasteiger partial charge in [0.15, 0.2) is 5.92 Å². The van der Waals surface area contributed by atoms with E-state index in [1.807, 2.05) is 0 Å². The summed E-state index contributed by atoms with van der Waals surface area (Å²) in [6.45, 7) is 4.77. The van der Waals surface area contributed by atoms with Gasteiger partial charge in [-0.3, -0.25) is 9.59 Å². The summed E-state index contributed by atoms with van der Waals surface area (Å²) < 4.78 is 4.76. The first kappa shape index (κ1) is 12.9. The molecule has 0 aliphatic heterocycles. The molecule has 14 heavy (non-hydrogen) atoms. The van der Waals surface area contributed by atoms with Crippen molar-refractivity contribution >= 4 is 11.9 Å². The van der Waals surface area contributed by atoms with E-state index in [1.54, 1.807) is 20.8 Å². The first-order valence-electron chi connectivity index (χ1n) is 4.04. The summed E-state index contributed by atoms with van der Waals surface area (Å²) in [4.78, 5) is 21.7. The quantitative estimate of drug-likeness (QED) is 0.319. The summed E-state index contributed by atoms with van der Waals surface area (Å²) >= 11 is 0. The summed E-state index contributed by atoms with van der Waals surface area (Å²) in [6.07, 6.45) is -1.76. The van der Waals surface area contributed by atoms with Crippen molar-refractivity contribution < 1.29 is 24.5 Å². The van der Waals surface area contributed by atoms with E-state index < -0.39 is 29.7 Å². The number of rotatable bonds is 3. The summed E-state index contributed by atoms with van der Waals surface area (Å²) in [6, 6.07) is 0. The third-order valence-corrected chi connectivity index (χ3v) is 1.27. The smallest absolute Gasteiger partial charge is 0.324 e. The fourth-order valence-electron chi connectivity index (χ4n) is 0.752. The molecule has 0 saturated carbocycles. The second-order valence-electron chi connectivity index (χ2n) is 3.84. The van der Waals surface area contributed by atoms with Gasteiger partial charge in [0.25, 0.3) is 0 Å². The Morgan fingerprint density at radius 2 is 1.79 bits per heavy atom. The van der Waals surface area contributed by atoms with Gasteiger partial charge in [-0.05, 0) is 20.8 Å². The second-order valence-corrected chi connectivity index (χ2v) is 3.84. The molecule has 6 nitrogen and oxygen atoms in total. The molecule has 0 rings (SSSR count). The number of carboxylic acids is 1. The topological polar surface area (TPSA) is 110 Å². The van der Waals surface area contributed by atoms with Gasteiger partial charge in [-0.15, -0.1) is 0 Å². The SMILES string of the molecule is CC(C)(C)OC(=O)C(C(=O)O)C(N)O. The van der Waals surface area contributed by atoms with Gasteiger partial charge in [0.05, 0.1) is 0 Å². The molecule has 0 fully saturated rings. The molecule has 0 spiro atoms. The number of hydrogen-bond donors (Lipinski definition) is 3. The molecular formula is C8H15NO5. The van der Waals surface area contributed by atoms with Crippen molar-refractivity contribution in [2.75, 3.05) is 0 Å². The number of carboxylic acid groups (broad SMARTS) is 1. The normalized spacial score (nSPS) is 15.8. The third kappa shape index (κ3) is 4.20. The van der Waals surface area contributed by atoms with E-state index in [9.17, 15) is 9.59 Å². The van der Waals surface area contributed by atoms with E-state index >= 15 is 0 Å². The van der Waals surface area contributed by atoms with Crippen LogP contribution in [0.1, 0.15) is 20.8 Å². The van der Waals surface area contributed by atoms with Crippen molar-refractivity contribution in [2.24, 2.45) is 11.7 Å². The van der Waals surface area contributed by atoms with Crippen molar-refractivity contribution in [1.29, 1.82) is 0 Å². The van der Waals surface area contributed by atoms with Gasteiger partial charge < -0.3 is 20.7 Å². The second kappa shape index (κ2) is 4.39. The zero-order valence-electron chi connectivity index (χ0n) is 8.35. The Balaban J connectivity index is 4.55. The summed E-state index contributed by atoms with van der Waals surface area (Å²) in [5.41, 5.74) is 4.13. The maximum Gasteiger partial charge on any atom is 0.324 e. The molecule has 0 aliphatic rings. The zero-order chi connectivity index (χ0) is 11.5. The van der Waals surface area contributed by atoms with Crippen LogP contribution >= 0.6 is 0 Å². The molecule has 0 aromatic heterocycles. The average Bonchev–Trinajstić information content (AvgIpc) is 1.78. The number of aliphatic hydroxyl groups is 1. The zero-order valence-corrected chi connectivity index (χ0v) is 8.35. The van der Waals surface area contributed by atoms with E-state index in [-0.39, 0.29) is 0 Å². The predicted octanol–water partition coefficient (Wildman–Crippen LogP) is -0.694. The largest absolute Gasteiger partial charge is 0.480 e. The lowest BCUT2D eigenvalue weighted by Crippen LogP contribution is -2.43. The number of aliphatic hydroxyl groups excluding tert-OH is 1. The monoisotopic (exact) mass is 205 g/mol. The van der Waals surface area contributed by atoms with Gasteiger partial charge >= 0.3 is 11.9 Å². The predicted molar refractivity (Wildman–Crippen MR) is 47.2 cm³/mol. The molecule has 0 aliphatic carbocycles. The van der Waals surface area contributed by atoms with Crippen LogP contribution in [0, 0.1) is 5.92 Å². The van der Waals surface area contributed by atoms with Crippen molar-refractivity contribution in [1.82, 2.24) is 0 Å². The lowest BCUT2D eigenvalue weighted by atomic mass is 10.1. The highest BCUT2D eigenvalue weighted by atomic mass is 16.6. The molecule has 0 bridgehead atoms. The van der Waals surface area contributed by atoms with Gasteiger partial charge in [0.1, 0.15) is 11.8 Å². The fourth-order valence-corrected chi connectivity index (χ4v) is 0.752. The molecule has 0 amide bonds. The van der Waals surface area contributed by atoms with Crippen molar-refractivity contribution in [2.45, 2.75) is 32.6 Å². The molecule has 0 aromatic rings. The van der Waals surface area contributed by atoms with Crippen molar-refractivity contribution in [3.63, 3.8) is 0 Å². The molecule has 4 N–H and O–H groups in total. The summed E-state index contributed by atoms with van der Waals surface area (Å²) in [7, 11) is 0. The van der Waals surface area contributed by atoms with Crippen molar-refractivity contribution in [3.05, 3.63) is 0 Å². The number of hydrogen-bond acceptors (Lipinski definition) is 5. The molecule has 0 aromatic carbocycles. The maximum absolute atomic E-state index is 11.2. The van der Waals surface area contributed by atoms with Crippen LogP contribution in [0.5, 0.6) is 0 Å². The summed E-state index contributed by atoms with van der Waals surface area (Å²) in [5.74, 6) is -4.29. The average molecular weight is 205 g/mol. The van der Waals surface area contributed by atoms with Gasteiger partial charge in [0.2, 0.25) is 0 Å². The third-order valence-electron chi connectivity index (χ3n) is 1.27. The first-order chi connectivity index (χ1) is 6.15. The molecule has 0 radical (unpaired) electrons. The highest BCUT2D eigenvalue weighted by Crippen LogP contribution is 2.12. The molecule has 0 saturated heterocycles. The molecule has 82 valence electrons. The van der Waals surface area contributed by atoms with Gasteiger partial charge in [0, 0.05) is 0 Å². The molecule has 6 heteroatoms. The van der Waals surface area contributed by atoms with Crippen LogP contribution in [-0.2, 0) is 14.3 Å². The van der Waals surface area contributed by atoms with E-state index in [0.29, 0.717) is 0 Å². The lowest BCUT2D eigenvalue weighted by Gasteiger charge is -2.23. The Morgan fingerprint density at radius 3 is 2.00 bits per heavy atom. The number of esters is 1. The minimum Gasteiger partial charge on any atom is -0.480 e. The van der Waals surface area contributed by atoms with E-state index in [2.05, 4.69) is 0 Å². The Hall–Kier alpha value is -1.14. The van der Waals surface area contributed by atoms with Gasteiger partial charge in [-0.25, -0.2) is 0 Å². The standard InChI is InChI=1S/C8H15NO5/c1-8(2,3)14-7(13)4(5(9)10)6(11)12/h4-5,10H,9H2,1-3H3,(H,11,12). The van der Waals surface area contributed by atoms with Crippen molar-refractivity contribution in [3.8, 4) is 0 Å². The highest BCUT2D eigenvalue weighted by molar-refractivity contribution is 5.94. The van der Waals surface area contributed by atoms with E-state index in [0.717, 1.165) is 0 Å². The van der Waals surface area contributed by atoms with Crippen LogP contribution in [-0.4, -0.2) is 34.0 Å². The van der Waals surface area contributed by atoms with E-state index in [4.69, 9.17) is 20.7 Å². The number of carbonyl (C=O) groups excluding carboxylic acids is 1. The van der Waals surface area contributed by atoms with Gasteiger partial charge in [-0.1, -0.05) is 0 Å². The maximum atomic E-state index is 11.2. The van der Waals surface area contributed by atoms with Crippen LogP contribution in [0.15, 0.2) is 0 Å². The molecule has 0 heterocycles. The highest BCUT2D eigenvalue weighted by Gasteiger charge is 2.35. The van der Waals surface area contributed by atoms with Crippen LogP contribution in [0.4, 0.5) is 0 Å². The molecular weight excluding hydrogens is 190 g/mol. The number of carbonyl (C=O) groups is 2. The van der Waals surface area contributed by atoms with Crippen LogP contribution in [0.2, 0.25) is 0 Å².